The van der Waals surface area contributed by atoms with E-state index in [1.54, 1.807) is 31.4 Å². The Morgan fingerprint density at radius 1 is 1.17 bits per heavy atom. The van der Waals surface area contributed by atoms with Crippen LogP contribution in [0.4, 0.5) is 0 Å². The minimum Gasteiger partial charge on any atom is -0.497 e. The second-order valence-corrected chi connectivity index (χ2v) is 6.63. The molecule has 0 aliphatic carbocycles. The first kappa shape index (κ1) is 20.4. The molecule has 0 unspecified atom stereocenters. The number of nitrogens with zero attached hydrogens (tertiary/aromatic N) is 2. The molecule has 0 aliphatic heterocycles. The Balaban J connectivity index is 1.96. The van der Waals surface area contributed by atoms with Crippen LogP contribution in [0.2, 0.25) is 5.02 Å². The van der Waals surface area contributed by atoms with E-state index in [2.05, 4.69) is 10.4 Å². The third kappa shape index (κ3) is 4.92. The zero-order valence-electron chi connectivity index (χ0n) is 16.1. The fraction of sp³-hybridized carbons (Fsp3) is 0.136. The van der Waals surface area contributed by atoms with E-state index in [1.165, 1.54) is 17.8 Å². The van der Waals surface area contributed by atoms with Gasteiger partial charge in [-0.2, -0.15) is 5.10 Å². The van der Waals surface area contributed by atoms with E-state index < -0.39 is 11.5 Å². The molecule has 7 heteroatoms. The molecule has 0 spiro atoms. The predicted octanol–water partition coefficient (Wildman–Crippen LogP) is 3.65. The van der Waals surface area contributed by atoms with Crippen LogP contribution >= 0.6 is 11.6 Å². The molecule has 1 aromatic heterocycles. The van der Waals surface area contributed by atoms with E-state index in [0.717, 1.165) is 11.1 Å². The van der Waals surface area contributed by atoms with Crippen molar-refractivity contribution in [1.29, 1.82) is 0 Å². The molecule has 0 radical (unpaired) electrons. The Kier molecular flexibility index (Phi) is 6.46. The maximum Gasteiger partial charge on any atom is 0.279 e. The van der Waals surface area contributed by atoms with Crippen LogP contribution in [0.5, 0.6) is 5.75 Å². The maximum absolute atomic E-state index is 12.7. The summed E-state index contributed by atoms with van der Waals surface area (Å²) in [5.41, 5.74) is 1.81. The molecule has 3 rings (SSSR count). The quantitative estimate of drug-likeness (QED) is 0.674. The summed E-state index contributed by atoms with van der Waals surface area (Å²) in [6.45, 7) is 0.218. The van der Waals surface area contributed by atoms with Crippen LogP contribution in [0.1, 0.15) is 15.9 Å². The largest absolute Gasteiger partial charge is 0.497 e. The number of carbonyl (C=O) groups is 1. The lowest BCUT2D eigenvalue weighted by Gasteiger charge is -2.09. The maximum atomic E-state index is 12.7. The summed E-state index contributed by atoms with van der Waals surface area (Å²) in [7, 11) is 3.07. The second kappa shape index (κ2) is 9.21. The van der Waals surface area contributed by atoms with Gasteiger partial charge in [0.25, 0.3) is 11.5 Å². The molecule has 1 N–H and O–H groups in total. The summed E-state index contributed by atoms with van der Waals surface area (Å²) in [5, 5.41) is 7.59. The van der Waals surface area contributed by atoms with Gasteiger partial charge in [0.2, 0.25) is 0 Å². The highest BCUT2D eigenvalue weighted by Crippen LogP contribution is 2.20. The number of allylic oxidation sites excluding steroid dienone is 1. The zero-order valence-corrected chi connectivity index (χ0v) is 16.8. The second-order valence-electron chi connectivity index (χ2n) is 6.19. The summed E-state index contributed by atoms with van der Waals surface area (Å²) >= 11 is 5.89. The van der Waals surface area contributed by atoms with E-state index in [4.69, 9.17) is 16.3 Å². The number of methoxy groups -OCH3 is 1. The molecule has 0 atom stereocenters. The first-order valence-corrected chi connectivity index (χ1v) is 9.30. The third-order valence-electron chi connectivity index (χ3n) is 4.29. The van der Waals surface area contributed by atoms with E-state index in [-0.39, 0.29) is 12.1 Å². The van der Waals surface area contributed by atoms with E-state index >= 15 is 0 Å². The molecule has 0 bridgehead atoms. The summed E-state index contributed by atoms with van der Waals surface area (Å²) < 4.78 is 6.45. The average molecular weight is 410 g/mol. The van der Waals surface area contributed by atoms with Crippen molar-refractivity contribution in [3.05, 3.63) is 87.2 Å². The van der Waals surface area contributed by atoms with Crippen LogP contribution in [0.25, 0.3) is 17.3 Å². The van der Waals surface area contributed by atoms with Gasteiger partial charge in [-0.3, -0.25) is 9.59 Å². The molecule has 1 amide bonds. The summed E-state index contributed by atoms with van der Waals surface area (Å²) in [5.74, 6) is 0.252. The lowest BCUT2D eigenvalue weighted by atomic mass is 10.1. The molecule has 148 valence electrons. The number of amides is 1. The molecular formula is C22H20ClN3O3. The van der Waals surface area contributed by atoms with Gasteiger partial charge in [0.1, 0.15) is 11.3 Å². The molecule has 2 aromatic carbocycles. The number of aromatic nitrogens is 2. The van der Waals surface area contributed by atoms with Gasteiger partial charge in [0, 0.05) is 17.6 Å². The van der Waals surface area contributed by atoms with Crippen molar-refractivity contribution in [3.63, 3.8) is 0 Å². The summed E-state index contributed by atoms with van der Waals surface area (Å²) in [6.07, 6.45) is 3.67. The SMILES string of the molecule is CNC(=O)c1cc(-c2ccc(OC)cc2)nn(CC=Cc2ccc(Cl)cc2)c1=O. The highest BCUT2D eigenvalue weighted by Gasteiger charge is 2.15. The van der Waals surface area contributed by atoms with Gasteiger partial charge < -0.3 is 10.1 Å². The highest BCUT2D eigenvalue weighted by atomic mass is 35.5. The number of hydrogen-bond acceptors (Lipinski definition) is 4. The van der Waals surface area contributed by atoms with E-state index in [9.17, 15) is 9.59 Å². The highest BCUT2D eigenvalue weighted by molar-refractivity contribution is 6.30. The lowest BCUT2D eigenvalue weighted by Crippen LogP contribution is -2.32. The van der Waals surface area contributed by atoms with Crippen LogP contribution in [0.15, 0.2) is 65.5 Å². The molecular weight excluding hydrogens is 390 g/mol. The standard InChI is InChI=1S/C22H20ClN3O3/c1-24-21(27)19-14-20(16-7-11-18(29-2)12-8-16)25-26(22(19)28)13-3-4-15-5-9-17(23)10-6-15/h3-12,14H,13H2,1-2H3,(H,24,27). The van der Waals surface area contributed by atoms with Crippen LogP contribution in [-0.2, 0) is 6.54 Å². The van der Waals surface area contributed by atoms with Crippen molar-refractivity contribution < 1.29 is 9.53 Å². The molecule has 0 saturated heterocycles. The van der Waals surface area contributed by atoms with Gasteiger partial charge in [0.05, 0.1) is 19.3 Å². The average Bonchev–Trinajstić information content (AvgIpc) is 2.75. The first-order chi connectivity index (χ1) is 14.0. The minimum absolute atomic E-state index is 0.0354. The van der Waals surface area contributed by atoms with Gasteiger partial charge in [0.15, 0.2) is 0 Å². The molecule has 0 saturated carbocycles. The van der Waals surface area contributed by atoms with Crippen molar-refractivity contribution in [1.82, 2.24) is 15.1 Å². The van der Waals surface area contributed by atoms with Crippen molar-refractivity contribution >= 4 is 23.6 Å². The van der Waals surface area contributed by atoms with Crippen molar-refractivity contribution in [2.24, 2.45) is 0 Å². The monoisotopic (exact) mass is 409 g/mol. The Labute approximate surface area is 173 Å². The predicted molar refractivity (Wildman–Crippen MR) is 114 cm³/mol. The lowest BCUT2D eigenvalue weighted by molar-refractivity contribution is 0.0960. The van der Waals surface area contributed by atoms with Gasteiger partial charge >= 0.3 is 0 Å². The molecule has 1 heterocycles. The number of hydrogen-bond donors (Lipinski definition) is 1. The van der Waals surface area contributed by atoms with Crippen LogP contribution < -0.4 is 15.6 Å². The minimum atomic E-state index is -0.456. The number of carbonyl (C=O) groups excluding carboxylic acids is 1. The summed E-state index contributed by atoms with van der Waals surface area (Å²) in [4.78, 5) is 24.9. The van der Waals surface area contributed by atoms with Crippen LogP contribution in [-0.4, -0.2) is 29.8 Å². The third-order valence-corrected chi connectivity index (χ3v) is 4.54. The van der Waals surface area contributed by atoms with Crippen molar-refractivity contribution in [3.8, 4) is 17.0 Å². The van der Waals surface area contributed by atoms with Crippen molar-refractivity contribution in [2.75, 3.05) is 14.2 Å². The summed E-state index contributed by atoms with van der Waals surface area (Å²) in [6, 6.07) is 16.1. The van der Waals surface area contributed by atoms with Crippen LogP contribution in [0.3, 0.4) is 0 Å². The van der Waals surface area contributed by atoms with Gasteiger partial charge in [-0.15, -0.1) is 0 Å². The van der Waals surface area contributed by atoms with E-state index in [1.807, 2.05) is 36.4 Å². The molecule has 6 nitrogen and oxygen atoms in total. The number of halogens is 1. The molecule has 0 aliphatic rings. The fourth-order valence-corrected chi connectivity index (χ4v) is 2.85. The number of rotatable bonds is 6. The topological polar surface area (TPSA) is 73.2 Å². The van der Waals surface area contributed by atoms with E-state index in [0.29, 0.717) is 16.5 Å². The Bertz CT molecular complexity index is 1090. The first-order valence-electron chi connectivity index (χ1n) is 8.92. The zero-order chi connectivity index (χ0) is 20.8. The molecule has 29 heavy (non-hydrogen) atoms. The molecule has 0 fully saturated rings. The van der Waals surface area contributed by atoms with Crippen LogP contribution in [0, 0.1) is 0 Å². The number of benzene rings is 2. The normalized spacial score (nSPS) is 10.9. The smallest absolute Gasteiger partial charge is 0.279 e. The number of nitrogens with one attached hydrogen (secondary N) is 1. The van der Waals surface area contributed by atoms with Gasteiger partial charge in [-0.25, -0.2) is 4.68 Å². The Hall–Kier alpha value is -3.38. The Morgan fingerprint density at radius 3 is 2.48 bits per heavy atom. The van der Waals surface area contributed by atoms with Gasteiger partial charge in [-0.1, -0.05) is 35.9 Å². The number of ether oxygens (including phenoxy) is 1. The molecule has 3 aromatic rings. The van der Waals surface area contributed by atoms with Gasteiger partial charge in [-0.05, 0) is 48.0 Å². The van der Waals surface area contributed by atoms with Crippen molar-refractivity contribution in [2.45, 2.75) is 6.54 Å². The fourth-order valence-electron chi connectivity index (χ4n) is 2.73. The Morgan fingerprint density at radius 2 is 1.86 bits per heavy atom.